The SMILES string of the molecule is Cl.NCc1nc(CN2CCN(C(=O)c3c(F)cccc3Cl)CC2)no1. The molecule has 1 aromatic heterocycles. The van der Waals surface area contributed by atoms with Gasteiger partial charge in [0.2, 0.25) is 5.89 Å². The maximum absolute atomic E-state index is 13.9. The monoisotopic (exact) mass is 389 g/mol. The van der Waals surface area contributed by atoms with Crippen molar-refractivity contribution in [2.24, 2.45) is 5.73 Å². The summed E-state index contributed by atoms with van der Waals surface area (Å²) in [5.41, 5.74) is 5.36. The van der Waals surface area contributed by atoms with Crippen LogP contribution in [-0.2, 0) is 13.1 Å². The first-order chi connectivity index (χ1) is 11.6. The second-order valence-electron chi connectivity index (χ2n) is 5.47. The summed E-state index contributed by atoms with van der Waals surface area (Å²) in [6, 6.07) is 4.23. The summed E-state index contributed by atoms with van der Waals surface area (Å²) in [4.78, 5) is 20.3. The highest BCUT2D eigenvalue weighted by Crippen LogP contribution is 2.21. The van der Waals surface area contributed by atoms with Crippen LogP contribution in [0.4, 0.5) is 4.39 Å². The van der Waals surface area contributed by atoms with Crippen LogP contribution in [0.15, 0.2) is 22.7 Å². The molecule has 0 spiro atoms. The Kier molecular flexibility index (Phi) is 6.71. The molecule has 1 aliphatic heterocycles. The van der Waals surface area contributed by atoms with Crippen molar-refractivity contribution >= 4 is 29.9 Å². The smallest absolute Gasteiger partial charge is 0.258 e. The van der Waals surface area contributed by atoms with Crippen molar-refractivity contribution < 1.29 is 13.7 Å². The van der Waals surface area contributed by atoms with Gasteiger partial charge in [-0.1, -0.05) is 22.8 Å². The molecule has 1 saturated heterocycles. The quantitative estimate of drug-likeness (QED) is 0.855. The largest absolute Gasteiger partial charge is 0.338 e. The number of nitrogens with two attached hydrogens (primary N) is 1. The molecule has 0 bridgehead atoms. The first-order valence-corrected chi connectivity index (χ1v) is 7.93. The fourth-order valence-electron chi connectivity index (χ4n) is 2.61. The number of aromatic nitrogens is 2. The van der Waals surface area contributed by atoms with Crippen LogP contribution in [0.25, 0.3) is 0 Å². The lowest BCUT2D eigenvalue weighted by Crippen LogP contribution is -2.48. The standard InChI is InChI=1S/C15H17ClFN5O2.ClH/c16-10-2-1-3-11(17)14(10)15(23)22-6-4-21(5-7-22)9-12-19-13(8-18)24-20-12;/h1-3H,4-9,18H2;1H. The van der Waals surface area contributed by atoms with E-state index in [1.165, 1.54) is 18.2 Å². The molecule has 0 unspecified atom stereocenters. The van der Waals surface area contributed by atoms with Crippen LogP contribution in [0.1, 0.15) is 22.1 Å². The van der Waals surface area contributed by atoms with Crippen molar-refractivity contribution in [2.45, 2.75) is 13.1 Å². The molecule has 0 saturated carbocycles. The molecular formula is C15H18Cl2FN5O2. The van der Waals surface area contributed by atoms with Crippen LogP contribution in [-0.4, -0.2) is 52.0 Å². The predicted molar refractivity (Wildman–Crippen MR) is 92.0 cm³/mol. The number of hydrogen-bond acceptors (Lipinski definition) is 6. The van der Waals surface area contributed by atoms with E-state index in [1.807, 2.05) is 0 Å². The van der Waals surface area contributed by atoms with Gasteiger partial charge in [-0.05, 0) is 12.1 Å². The Bertz CT molecular complexity index is 714. The molecule has 3 rings (SSSR count). The highest BCUT2D eigenvalue weighted by molar-refractivity contribution is 6.33. The topological polar surface area (TPSA) is 88.5 Å². The summed E-state index contributed by atoms with van der Waals surface area (Å²) in [5, 5.41) is 3.98. The molecule has 1 fully saturated rings. The average molecular weight is 390 g/mol. The third kappa shape index (κ3) is 4.46. The minimum atomic E-state index is -0.601. The van der Waals surface area contributed by atoms with Crippen molar-refractivity contribution in [3.63, 3.8) is 0 Å². The van der Waals surface area contributed by atoms with E-state index < -0.39 is 5.82 Å². The zero-order valence-electron chi connectivity index (χ0n) is 13.3. The molecule has 10 heteroatoms. The van der Waals surface area contributed by atoms with Crippen LogP contribution >= 0.6 is 24.0 Å². The fourth-order valence-corrected chi connectivity index (χ4v) is 2.85. The van der Waals surface area contributed by atoms with Gasteiger partial charge in [0.05, 0.1) is 23.7 Å². The van der Waals surface area contributed by atoms with Crippen LogP contribution in [0, 0.1) is 5.82 Å². The highest BCUT2D eigenvalue weighted by Gasteiger charge is 2.26. The van der Waals surface area contributed by atoms with E-state index in [0.29, 0.717) is 44.4 Å². The van der Waals surface area contributed by atoms with Crippen LogP contribution in [0.5, 0.6) is 0 Å². The Morgan fingerprint density at radius 2 is 2.04 bits per heavy atom. The zero-order valence-corrected chi connectivity index (χ0v) is 14.9. The molecule has 2 aromatic rings. The number of hydrogen-bond donors (Lipinski definition) is 1. The average Bonchev–Trinajstić information content (AvgIpc) is 3.03. The predicted octanol–water partition coefficient (Wildman–Crippen LogP) is 1.70. The Morgan fingerprint density at radius 1 is 1.32 bits per heavy atom. The molecule has 0 aliphatic carbocycles. The third-order valence-corrected chi connectivity index (χ3v) is 4.20. The number of halogens is 3. The molecule has 1 aliphatic rings. The summed E-state index contributed by atoms with van der Waals surface area (Å²) in [7, 11) is 0. The zero-order chi connectivity index (χ0) is 17.1. The molecule has 1 amide bonds. The van der Waals surface area contributed by atoms with E-state index in [1.54, 1.807) is 4.90 Å². The lowest BCUT2D eigenvalue weighted by molar-refractivity contribution is 0.0620. The van der Waals surface area contributed by atoms with E-state index in [9.17, 15) is 9.18 Å². The number of piperazine rings is 1. The normalized spacial score (nSPS) is 15.1. The van der Waals surface area contributed by atoms with E-state index in [4.69, 9.17) is 21.9 Å². The van der Waals surface area contributed by atoms with Gasteiger partial charge in [0, 0.05) is 26.2 Å². The summed E-state index contributed by atoms with van der Waals surface area (Å²) in [6.45, 7) is 2.94. The summed E-state index contributed by atoms with van der Waals surface area (Å²) in [6.07, 6.45) is 0. The van der Waals surface area contributed by atoms with E-state index in [2.05, 4.69) is 15.0 Å². The van der Waals surface area contributed by atoms with Crippen LogP contribution in [0.3, 0.4) is 0 Å². The fraction of sp³-hybridized carbons (Fsp3) is 0.400. The first-order valence-electron chi connectivity index (χ1n) is 7.55. The Morgan fingerprint density at radius 3 is 2.64 bits per heavy atom. The molecule has 2 heterocycles. The van der Waals surface area contributed by atoms with Crippen molar-refractivity contribution in [1.29, 1.82) is 0 Å². The molecule has 25 heavy (non-hydrogen) atoms. The molecule has 0 radical (unpaired) electrons. The van der Waals surface area contributed by atoms with Gasteiger partial charge in [-0.25, -0.2) is 4.39 Å². The third-order valence-electron chi connectivity index (χ3n) is 3.89. The maximum atomic E-state index is 13.9. The van der Waals surface area contributed by atoms with Gasteiger partial charge in [-0.2, -0.15) is 4.98 Å². The minimum absolute atomic E-state index is 0. The Balaban J connectivity index is 0.00000225. The molecule has 2 N–H and O–H groups in total. The van der Waals surface area contributed by atoms with Gasteiger partial charge in [0.25, 0.3) is 5.91 Å². The second kappa shape index (κ2) is 8.57. The number of amides is 1. The number of rotatable bonds is 4. The van der Waals surface area contributed by atoms with E-state index in [-0.39, 0.29) is 35.4 Å². The van der Waals surface area contributed by atoms with Crippen molar-refractivity contribution in [3.8, 4) is 0 Å². The van der Waals surface area contributed by atoms with Crippen molar-refractivity contribution in [2.75, 3.05) is 26.2 Å². The van der Waals surface area contributed by atoms with Crippen LogP contribution in [0.2, 0.25) is 5.02 Å². The number of benzene rings is 1. The lowest BCUT2D eigenvalue weighted by atomic mass is 10.1. The first kappa shape index (κ1) is 19.6. The van der Waals surface area contributed by atoms with Gasteiger partial charge in [0.1, 0.15) is 5.82 Å². The van der Waals surface area contributed by atoms with Gasteiger partial charge in [0.15, 0.2) is 5.82 Å². The Labute approximate surface area is 155 Å². The van der Waals surface area contributed by atoms with Crippen molar-refractivity contribution in [1.82, 2.24) is 19.9 Å². The molecular weight excluding hydrogens is 372 g/mol. The van der Waals surface area contributed by atoms with Gasteiger partial charge in [-0.3, -0.25) is 9.69 Å². The van der Waals surface area contributed by atoms with Gasteiger partial charge in [-0.15, -0.1) is 12.4 Å². The lowest BCUT2D eigenvalue weighted by Gasteiger charge is -2.34. The maximum Gasteiger partial charge on any atom is 0.258 e. The number of nitrogens with zero attached hydrogens (tertiary/aromatic N) is 4. The van der Waals surface area contributed by atoms with Crippen molar-refractivity contribution in [3.05, 3.63) is 46.3 Å². The highest BCUT2D eigenvalue weighted by atomic mass is 35.5. The second-order valence-corrected chi connectivity index (χ2v) is 5.88. The molecule has 136 valence electrons. The number of carbonyl (C=O) groups is 1. The number of carbonyl (C=O) groups excluding carboxylic acids is 1. The van der Waals surface area contributed by atoms with E-state index in [0.717, 1.165) is 0 Å². The molecule has 1 aromatic carbocycles. The Hall–Kier alpha value is -1.74. The molecule has 7 nitrogen and oxygen atoms in total. The summed E-state index contributed by atoms with van der Waals surface area (Å²) in [5.74, 6) is -0.0286. The van der Waals surface area contributed by atoms with Gasteiger partial charge < -0.3 is 15.2 Å². The molecule has 0 atom stereocenters. The minimum Gasteiger partial charge on any atom is -0.338 e. The van der Waals surface area contributed by atoms with Crippen LogP contribution < -0.4 is 5.73 Å². The van der Waals surface area contributed by atoms with E-state index >= 15 is 0 Å². The summed E-state index contributed by atoms with van der Waals surface area (Å²) < 4.78 is 18.8. The summed E-state index contributed by atoms with van der Waals surface area (Å²) >= 11 is 5.96. The van der Waals surface area contributed by atoms with Gasteiger partial charge >= 0.3 is 0 Å².